The van der Waals surface area contributed by atoms with Crippen molar-refractivity contribution in [3.05, 3.63) is 12.7 Å². The monoisotopic (exact) mass is 179 g/mol. The molecule has 1 saturated heterocycles. The van der Waals surface area contributed by atoms with Gasteiger partial charge in [-0.2, -0.15) is 5.26 Å². The largest absolute Gasteiger partial charge is 0.321 e. The number of carbonyl (C=O) groups is 1. The van der Waals surface area contributed by atoms with Crippen LogP contribution in [0.15, 0.2) is 12.7 Å². The Morgan fingerprint density at radius 3 is 2.92 bits per heavy atom. The molecule has 0 aromatic carbocycles. The van der Waals surface area contributed by atoms with Crippen molar-refractivity contribution in [2.24, 2.45) is 0 Å². The van der Waals surface area contributed by atoms with Crippen molar-refractivity contribution in [3.63, 3.8) is 0 Å². The molecule has 1 amide bonds. The van der Waals surface area contributed by atoms with Crippen LogP contribution >= 0.6 is 0 Å². The Hall–Kier alpha value is -1.34. The highest BCUT2D eigenvalue weighted by Crippen LogP contribution is 2.07. The van der Waals surface area contributed by atoms with Crippen molar-refractivity contribution in [2.45, 2.75) is 6.04 Å². The van der Waals surface area contributed by atoms with Crippen LogP contribution in [-0.4, -0.2) is 48.4 Å². The van der Waals surface area contributed by atoms with Gasteiger partial charge in [0.15, 0.2) is 0 Å². The van der Waals surface area contributed by atoms with Crippen molar-refractivity contribution >= 4 is 5.91 Å². The minimum atomic E-state index is -0.329. The zero-order valence-corrected chi connectivity index (χ0v) is 7.73. The van der Waals surface area contributed by atoms with Crippen molar-refractivity contribution < 1.29 is 4.79 Å². The van der Waals surface area contributed by atoms with E-state index in [9.17, 15) is 4.79 Å². The average Bonchev–Trinajstić information content (AvgIpc) is 2.16. The highest BCUT2D eigenvalue weighted by atomic mass is 16.2. The van der Waals surface area contributed by atoms with Gasteiger partial charge in [-0.3, -0.25) is 4.79 Å². The van der Waals surface area contributed by atoms with Gasteiger partial charge in [-0.1, -0.05) is 6.58 Å². The Morgan fingerprint density at radius 1 is 1.69 bits per heavy atom. The molecule has 13 heavy (non-hydrogen) atoms. The van der Waals surface area contributed by atoms with Gasteiger partial charge < -0.3 is 9.80 Å². The fraction of sp³-hybridized carbons (Fsp3) is 0.556. The van der Waals surface area contributed by atoms with Gasteiger partial charge in [-0.15, -0.1) is 0 Å². The molecule has 0 spiro atoms. The van der Waals surface area contributed by atoms with Crippen molar-refractivity contribution in [1.82, 2.24) is 9.80 Å². The molecular weight excluding hydrogens is 166 g/mol. The Labute approximate surface area is 78.0 Å². The summed E-state index contributed by atoms with van der Waals surface area (Å²) in [5.74, 6) is -0.153. The van der Waals surface area contributed by atoms with Crippen LogP contribution in [0.5, 0.6) is 0 Å². The Balaban J connectivity index is 2.69. The minimum Gasteiger partial charge on any atom is -0.321 e. The van der Waals surface area contributed by atoms with Crippen LogP contribution in [0.25, 0.3) is 0 Å². The molecule has 0 unspecified atom stereocenters. The molecule has 0 aliphatic carbocycles. The number of hydrogen-bond acceptors (Lipinski definition) is 3. The third-order valence-corrected chi connectivity index (χ3v) is 2.19. The van der Waals surface area contributed by atoms with Crippen molar-refractivity contribution in [1.29, 1.82) is 5.26 Å². The maximum Gasteiger partial charge on any atom is 0.247 e. The Kier molecular flexibility index (Phi) is 3.04. The maximum absolute atomic E-state index is 11.3. The topological polar surface area (TPSA) is 47.3 Å². The third kappa shape index (κ3) is 2.07. The van der Waals surface area contributed by atoms with Crippen LogP contribution in [0.2, 0.25) is 0 Å². The lowest BCUT2D eigenvalue weighted by molar-refractivity contribution is -0.129. The molecule has 1 rings (SSSR count). The summed E-state index contributed by atoms with van der Waals surface area (Å²) in [4.78, 5) is 14.9. The molecule has 1 aliphatic rings. The summed E-state index contributed by atoms with van der Waals surface area (Å²) in [6, 6.07) is 1.79. The molecule has 1 heterocycles. The van der Waals surface area contributed by atoms with E-state index >= 15 is 0 Å². The van der Waals surface area contributed by atoms with Gasteiger partial charge in [0.25, 0.3) is 0 Å². The molecule has 70 valence electrons. The van der Waals surface area contributed by atoms with Crippen LogP contribution in [0.1, 0.15) is 0 Å². The molecule has 0 aromatic heterocycles. The van der Waals surface area contributed by atoms with Gasteiger partial charge in [-0.25, -0.2) is 0 Å². The van der Waals surface area contributed by atoms with E-state index in [-0.39, 0.29) is 11.9 Å². The van der Waals surface area contributed by atoms with Crippen molar-refractivity contribution in [3.8, 4) is 6.07 Å². The number of nitriles is 1. The molecule has 0 saturated carbocycles. The van der Waals surface area contributed by atoms with E-state index in [4.69, 9.17) is 5.26 Å². The van der Waals surface area contributed by atoms with Crippen LogP contribution < -0.4 is 0 Å². The summed E-state index contributed by atoms with van der Waals surface area (Å²) in [5.41, 5.74) is 0. The first-order valence-corrected chi connectivity index (χ1v) is 4.20. The summed E-state index contributed by atoms with van der Waals surface area (Å²) in [6.07, 6.45) is 1.26. The van der Waals surface area contributed by atoms with E-state index in [0.717, 1.165) is 6.54 Å². The number of amides is 1. The Bertz CT molecular complexity index is 256. The number of likely N-dealkylation sites (N-methyl/N-ethyl adjacent to an activating group) is 1. The first-order chi connectivity index (χ1) is 6.19. The van der Waals surface area contributed by atoms with Gasteiger partial charge in [0, 0.05) is 19.6 Å². The van der Waals surface area contributed by atoms with E-state index < -0.39 is 0 Å². The van der Waals surface area contributed by atoms with Crippen LogP contribution in [0.3, 0.4) is 0 Å². The quantitative estimate of drug-likeness (QED) is 0.525. The number of nitrogens with zero attached hydrogens (tertiary/aromatic N) is 3. The van der Waals surface area contributed by atoms with Crippen LogP contribution in [-0.2, 0) is 4.79 Å². The number of rotatable bonds is 1. The first-order valence-electron chi connectivity index (χ1n) is 4.20. The summed E-state index contributed by atoms with van der Waals surface area (Å²) >= 11 is 0. The lowest BCUT2D eigenvalue weighted by Gasteiger charge is -2.35. The van der Waals surface area contributed by atoms with E-state index in [0.29, 0.717) is 13.1 Å². The lowest BCUT2D eigenvalue weighted by atomic mass is 10.2. The van der Waals surface area contributed by atoms with E-state index in [1.807, 2.05) is 11.9 Å². The summed E-state index contributed by atoms with van der Waals surface area (Å²) in [7, 11) is 1.94. The van der Waals surface area contributed by atoms with Gasteiger partial charge >= 0.3 is 0 Å². The van der Waals surface area contributed by atoms with Gasteiger partial charge in [0.05, 0.1) is 6.07 Å². The normalized spacial score (nSPS) is 23.7. The summed E-state index contributed by atoms with van der Waals surface area (Å²) in [5, 5.41) is 8.82. The predicted molar refractivity (Wildman–Crippen MR) is 48.8 cm³/mol. The molecule has 1 atom stereocenters. The zero-order valence-electron chi connectivity index (χ0n) is 7.73. The second-order valence-corrected chi connectivity index (χ2v) is 3.14. The van der Waals surface area contributed by atoms with E-state index in [1.165, 1.54) is 6.08 Å². The second kappa shape index (κ2) is 4.06. The first kappa shape index (κ1) is 9.75. The molecule has 4 nitrogen and oxygen atoms in total. The fourth-order valence-electron chi connectivity index (χ4n) is 1.41. The van der Waals surface area contributed by atoms with Crippen LogP contribution in [0.4, 0.5) is 0 Å². The fourth-order valence-corrected chi connectivity index (χ4v) is 1.41. The zero-order chi connectivity index (χ0) is 9.84. The van der Waals surface area contributed by atoms with Gasteiger partial charge in [0.2, 0.25) is 5.91 Å². The standard InChI is InChI=1S/C9H13N3O/c1-3-9(13)12-5-4-11(2)7-8(12)6-10/h3,8H,1,4-5,7H2,2H3/t8-/m1/s1. The molecule has 0 radical (unpaired) electrons. The molecule has 0 aromatic rings. The summed E-state index contributed by atoms with van der Waals surface area (Å²) in [6.45, 7) is 5.46. The van der Waals surface area contributed by atoms with Crippen LogP contribution in [0, 0.1) is 11.3 Å². The number of carbonyl (C=O) groups excluding carboxylic acids is 1. The Morgan fingerprint density at radius 2 is 2.38 bits per heavy atom. The maximum atomic E-state index is 11.3. The smallest absolute Gasteiger partial charge is 0.247 e. The van der Waals surface area contributed by atoms with Crippen molar-refractivity contribution in [2.75, 3.05) is 26.7 Å². The highest BCUT2D eigenvalue weighted by molar-refractivity contribution is 5.87. The average molecular weight is 179 g/mol. The van der Waals surface area contributed by atoms with E-state index in [1.54, 1.807) is 4.90 Å². The molecule has 1 fully saturated rings. The SMILES string of the molecule is C=CC(=O)N1CCN(C)C[C@H]1C#N. The number of piperazine rings is 1. The minimum absolute atomic E-state index is 0.153. The van der Waals surface area contributed by atoms with Gasteiger partial charge in [-0.05, 0) is 13.1 Å². The molecule has 1 aliphatic heterocycles. The highest BCUT2D eigenvalue weighted by Gasteiger charge is 2.27. The third-order valence-electron chi connectivity index (χ3n) is 2.19. The predicted octanol–water partition coefficient (Wildman–Crippen LogP) is -0.161. The second-order valence-electron chi connectivity index (χ2n) is 3.14. The lowest BCUT2D eigenvalue weighted by Crippen LogP contribution is -2.53. The summed E-state index contributed by atoms with van der Waals surface area (Å²) < 4.78 is 0. The number of hydrogen-bond donors (Lipinski definition) is 0. The van der Waals surface area contributed by atoms with Gasteiger partial charge in [0.1, 0.15) is 6.04 Å². The molecule has 0 N–H and O–H groups in total. The molecular formula is C9H13N3O. The molecule has 0 bridgehead atoms. The van der Waals surface area contributed by atoms with E-state index in [2.05, 4.69) is 12.6 Å². The molecule has 4 heteroatoms.